The summed E-state index contributed by atoms with van der Waals surface area (Å²) in [4.78, 5) is 70.2. The van der Waals surface area contributed by atoms with E-state index in [0.29, 0.717) is 34.1 Å². The zero-order chi connectivity index (χ0) is 34.3. The molecule has 10 nitrogen and oxygen atoms in total. The first-order valence-corrected chi connectivity index (χ1v) is 17.9. The lowest BCUT2D eigenvalue weighted by molar-refractivity contribution is -0.138. The molecule has 1 spiro atoms. The fourth-order valence-electron chi connectivity index (χ4n) is 6.79. The Hall–Kier alpha value is -3.16. The Kier molecular flexibility index (Phi) is 10.3. The molecule has 0 aromatic heterocycles. The maximum atomic E-state index is 14.3. The Bertz CT molecular complexity index is 1610. The fourth-order valence-corrected chi connectivity index (χ4v) is 11.8. The number of carbonyl (C=O) groups is 5. The van der Waals surface area contributed by atoms with Gasteiger partial charge in [0.2, 0.25) is 5.91 Å². The summed E-state index contributed by atoms with van der Waals surface area (Å²) >= 11 is 2.89. The first kappa shape index (κ1) is 35.2. The highest BCUT2D eigenvalue weighted by Gasteiger charge is 2.61. The Morgan fingerprint density at radius 2 is 1.36 bits per heavy atom. The van der Waals surface area contributed by atoms with Gasteiger partial charge in [-0.2, -0.15) is 0 Å². The molecule has 0 saturated heterocycles. The molecule has 5 rings (SSSR count). The van der Waals surface area contributed by atoms with E-state index in [9.17, 15) is 24.0 Å². The highest BCUT2D eigenvalue weighted by molar-refractivity contribution is 8.26. The Balaban J connectivity index is 1.77. The number of nitrogens with zero attached hydrogens (tertiary/aromatic N) is 1. The summed E-state index contributed by atoms with van der Waals surface area (Å²) in [6, 6.07) is 5.73. The smallest absolute Gasteiger partial charge is 0.345 e. The molecule has 1 aromatic carbocycles. The second kappa shape index (κ2) is 13.8. The largest absolute Gasteiger partial charge is 0.466 e. The molecule has 4 aliphatic rings. The lowest BCUT2D eigenvalue weighted by atomic mass is 9.82. The van der Waals surface area contributed by atoms with E-state index in [1.54, 1.807) is 4.90 Å². The molecule has 47 heavy (non-hydrogen) atoms. The zero-order valence-corrected chi connectivity index (χ0v) is 30.1. The first-order chi connectivity index (χ1) is 22.4. The molecule has 252 valence electrons. The monoisotopic (exact) mass is 701 g/mol. The van der Waals surface area contributed by atoms with Crippen LogP contribution < -0.4 is 4.90 Å². The van der Waals surface area contributed by atoms with Gasteiger partial charge in [0.1, 0.15) is 18.8 Å². The van der Waals surface area contributed by atoms with E-state index in [1.165, 1.54) is 47.7 Å². The molecule has 0 N–H and O–H groups in total. The van der Waals surface area contributed by atoms with Gasteiger partial charge in [0, 0.05) is 22.5 Å². The van der Waals surface area contributed by atoms with Gasteiger partial charge < -0.3 is 23.8 Å². The number of thioether (sulfide) groups is 3. The van der Waals surface area contributed by atoms with Crippen LogP contribution in [0.1, 0.15) is 69.9 Å². The van der Waals surface area contributed by atoms with Crippen LogP contribution in [0.2, 0.25) is 0 Å². The van der Waals surface area contributed by atoms with Gasteiger partial charge in [0.15, 0.2) is 0 Å². The number of benzene rings is 1. The van der Waals surface area contributed by atoms with Crippen molar-refractivity contribution in [2.75, 3.05) is 33.3 Å². The third-order valence-corrected chi connectivity index (χ3v) is 13.7. The average Bonchev–Trinajstić information content (AvgIpc) is 3.46. The van der Waals surface area contributed by atoms with Crippen molar-refractivity contribution in [2.24, 2.45) is 5.92 Å². The number of ether oxygens (including phenoxy) is 4. The van der Waals surface area contributed by atoms with E-state index in [1.807, 2.05) is 39.0 Å². The van der Waals surface area contributed by atoms with Gasteiger partial charge in [-0.05, 0) is 44.7 Å². The zero-order valence-electron chi connectivity index (χ0n) is 27.6. The van der Waals surface area contributed by atoms with Gasteiger partial charge in [-0.25, -0.2) is 19.2 Å². The van der Waals surface area contributed by atoms with Crippen LogP contribution in [0, 0.1) is 12.8 Å². The third-order valence-electron chi connectivity index (χ3n) is 9.03. The van der Waals surface area contributed by atoms with Gasteiger partial charge in [0.25, 0.3) is 0 Å². The molecule has 1 aliphatic carbocycles. The summed E-state index contributed by atoms with van der Waals surface area (Å²) in [5, 5.41) is 0. The van der Waals surface area contributed by atoms with Crippen molar-refractivity contribution < 1.29 is 42.9 Å². The van der Waals surface area contributed by atoms with Gasteiger partial charge in [-0.1, -0.05) is 79.5 Å². The summed E-state index contributed by atoms with van der Waals surface area (Å²) in [5.41, 5.74) is 1.64. The number of aryl methyl sites for hydroxylation is 1. The van der Waals surface area contributed by atoms with Crippen molar-refractivity contribution in [3.05, 3.63) is 54.5 Å². The Labute approximate surface area is 287 Å². The number of amides is 1. The van der Waals surface area contributed by atoms with Gasteiger partial charge in [-0.3, -0.25) is 4.79 Å². The lowest BCUT2D eigenvalue weighted by Crippen LogP contribution is -2.54. The van der Waals surface area contributed by atoms with E-state index in [4.69, 9.17) is 18.9 Å². The minimum Gasteiger partial charge on any atom is -0.466 e. The van der Waals surface area contributed by atoms with Crippen molar-refractivity contribution in [1.82, 2.24) is 0 Å². The van der Waals surface area contributed by atoms with Crippen molar-refractivity contribution in [3.8, 4) is 0 Å². The predicted molar refractivity (Wildman–Crippen MR) is 183 cm³/mol. The van der Waals surface area contributed by atoms with Crippen molar-refractivity contribution >= 4 is 76.3 Å². The molecule has 1 aromatic rings. The number of rotatable bonds is 7. The quantitative estimate of drug-likeness (QED) is 0.235. The highest BCUT2D eigenvalue weighted by atomic mass is 32.2. The molecule has 1 saturated carbocycles. The lowest BCUT2D eigenvalue weighted by Gasteiger charge is -2.51. The summed E-state index contributed by atoms with van der Waals surface area (Å²) < 4.78 is 19.0. The topological polar surface area (TPSA) is 126 Å². The average molecular weight is 702 g/mol. The van der Waals surface area contributed by atoms with Crippen LogP contribution >= 0.6 is 35.3 Å². The highest BCUT2D eigenvalue weighted by Crippen LogP contribution is 2.71. The molecule has 3 heterocycles. The van der Waals surface area contributed by atoms with E-state index in [-0.39, 0.29) is 26.2 Å². The number of fused-ring (bicyclic) bond motifs is 3. The number of anilines is 1. The van der Waals surface area contributed by atoms with Crippen molar-refractivity contribution in [3.63, 3.8) is 0 Å². The minimum absolute atomic E-state index is 0.0497. The van der Waals surface area contributed by atoms with E-state index < -0.39 is 33.5 Å². The number of carbonyl (C=O) groups excluding carboxylic acids is 5. The van der Waals surface area contributed by atoms with Crippen LogP contribution in [0.4, 0.5) is 5.69 Å². The maximum absolute atomic E-state index is 14.3. The maximum Gasteiger partial charge on any atom is 0.345 e. The van der Waals surface area contributed by atoms with Gasteiger partial charge in [0.05, 0.1) is 45.2 Å². The first-order valence-electron chi connectivity index (χ1n) is 15.4. The van der Waals surface area contributed by atoms with Crippen molar-refractivity contribution in [1.29, 1.82) is 0 Å². The molecule has 0 radical (unpaired) electrons. The van der Waals surface area contributed by atoms with Crippen LogP contribution in [-0.2, 0) is 42.9 Å². The van der Waals surface area contributed by atoms with Crippen LogP contribution in [0.3, 0.4) is 0 Å². The molecule has 0 bridgehead atoms. The summed E-state index contributed by atoms with van der Waals surface area (Å²) in [5.74, 6) is -2.79. The van der Waals surface area contributed by atoms with E-state index in [0.717, 1.165) is 60.1 Å². The second-order valence-corrected chi connectivity index (χ2v) is 16.0. The summed E-state index contributed by atoms with van der Waals surface area (Å²) in [6.45, 7) is 5.75. The third kappa shape index (κ3) is 6.03. The van der Waals surface area contributed by atoms with Crippen LogP contribution in [-0.4, -0.2) is 67.8 Å². The number of hydrogen-bond donors (Lipinski definition) is 0. The number of methoxy groups -OCH3 is 4. The molecule has 13 heteroatoms. The molecule has 1 fully saturated rings. The van der Waals surface area contributed by atoms with Crippen LogP contribution in [0.15, 0.2) is 43.4 Å². The second-order valence-electron chi connectivity index (χ2n) is 12.3. The Morgan fingerprint density at radius 1 is 0.809 bits per heavy atom. The van der Waals surface area contributed by atoms with Gasteiger partial charge in [-0.15, -0.1) is 0 Å². The predicted octanol–water partition coefficient (Wildman–Crippen LogP) is 6.27. The van der Waals surface area contributed by atoms with Crippen molar-refractivity contribution in [2.45, 2.75) is 75.3 Å². The molecular weight excluding hydrogens is 663 g/mol. The summed E-state index contributed by atoms with van der Waals surface area (Å²) in [7, 11) is 4.79. The van der Waals surface area contributed by atoms with E-state index >= 15 is 0 Å². The van der Waals surface area contributed by atoms with E-state index in [2.05, 4.69) is 0 Å². The van der Waals surface area contributed by atoms with Crippen LogP contribution in [0.5, 0.6) is 0 Å². The molecular formula is C34H39NO9S3. The van der Waals surface area contributed by atoms with Crippen LogP contribution in [0.25, 0.3) is 5.57 Å². The standard InChI is InChI=1S/C34H39NO9S3/c1-18-13-15-20-21(17-18)35(22(36)16-14-19-11-9-8-10-12-19)33(2,3)28-23(20)34(24(29(37)41-4)25(45-28)30(38)42-5)46-26(31(39)43-6)27(47-34)32(40)44-7/h13,15,17,19H,8-12,14,16H2,1-7H3. The fraction of sp³-hybridized carbons (Fsp3) is 0.500. The minimum atomic E-state index is -1.59. The molecule has 3 aliphatic heterocycles. The SMILES string of the molecule is COC(=O)C1=C(C(=O)OC)SC2(S1)C(C(=O)OC)=C(C(=O)OC)SC1=C2c2ccc(C)cc2N(C(=O)CCC2CCCCC2)C1(C)C. The molecule has 0 unspecified atom stereocenters. The number of esters is 4. The molecule has 0 atom stereocenters. The normalized spacial score (nSPS) is 20.1. The Morgan fingerprint density at radius 3 is 1.91 bits per heavy atom. The molecule has 1 amide bonds. The van der Waals surface area contributed by atoms with Gasteiger partial charge >= 0.3 is 23.9 Å². The summed E-state index contributed by atoms with van der Waals surface area (Å²) in [6.07, 6.45) is 6.98. The number of hydrogen-bond acceptors (Lipinski definition) is 12.